The molecule has 1 atom stereocenters. The van der Waals surface area contributed by atoms with Gasteiger partial charge in [-0.3, -0.25) is 4.79 Å². The molecule has 5 nitrogen and oxygen atoms in total. The minimum atomic E-state index is -0.853. The Balaban J connectivity index is 1.69. The third kappa shape index (κ3) is 3.61. The Hall–Kier alpha value is -2.57. The van der Waals surface area contributed by atoms with Gasteiger partial charge in [0.25, 0.3) is 5.91 Å². The predicted molar refractivity (Wildman–Crippen MR) is 77.9 cm³/mol. The molecule has 1 amide bonds. The van der Waals surface area contributed by atoms with Gasteiger partial charge in [0.15, 0.2) is 0 Å². The van der Waals surface area contributed by atoms with Gasteiger partial charge in [-0.25, -0.2) is 18.7 Å². The molecule has 0 radical (unpaired) electrons. The van der Waals surface area contributed by atoms with Crippen LogP contribution in [-0.2, 0) is 0 Å². The average molecular weight is 319 g/mol. The van der Waals surface area contributed by atoms with Crippen LogP contribution in [0.1, 0.15) is 23.2 Å². The number of likely N-dealkylation sites (tertiary alicyclic amines) is 1. The molecule has 1 saturated heterocycles. The van der Waals surface area contributed by atoms with E-state index in [0.29, 0.717) is 25.0 Å². The molecule has 1 fully saturated rings. The number of ether oxygens (including phenoxy) is 1. The van der Waals surface area contributed by atoms with E-state index in [9.17, 15) is 13.6 Å². The summed E-state index contributed by atoms with van der Waals surface area (Å²) in [7, 11) is 0. The van der Waals surface area contributed by atoms with Gasteiger partial charge in [0.2, 0.25) is 5.88 Å². The zero-order valence-corrected chi connectivity index (χ0v) is 12.3. The fourth-order valence-electron chi connectivity index (χ4n) is 2.57. The van der Waals surface area contributed by atoms with Gasteiger partial charge in [0.1, 0.15) is 24.1 Å². The van der Waals surface area contributed by atoms with Crippen LogP contribution >= 0.6 is 0 Å². The van der Waals surface area contributed by atoms with Gasteiger partial charge in [-0.15, -0.1) is 0 Å². The van der Waals surface area contributed by atoms with Crippen LogP contribution in [0.5, 0.6) is 5.88 Å². The van der Waals surface area contributed by atoms with Crippen molar-refractivity contribution in [3.8, 4) is 5.88 Å². The highest BCUT2D eigenvalue weighted by molar-refractivity contribution is 5.94. The van der Waals surface area contributed by atoms with Crippen LogP contribution in [0.15, 0.2) is 36.8 Å². The van der Waals surface area contributed by atoms with Gasteiger partial charge in [-0.1, -0.05) is 0 Å². The lowest BCUT2D eigenvalue weighted by molar-refractivity contribution is 0.0523. The Labute approximate surface area is 131 Å². The molecule has 1 aliphatic rings. The Kier molecular flexibility index (Phi) is 4.45. The van der Waals surface area contributed by atoms with Gasteiger partial charge in [-0.2, -0.15) is 0 Å². The summed E-state index contributed by atoms with van der Waals surface area (Å²) in [4.78, 5) is 21.7. The summed E-state index contributed by atoms with van der Waals surface area (Å²) < 4.78 is 32.4. The Bertz CT molecular complexity index is 697. The van der Waals surface area contributed by atoms with E-state index in [2.05, 4.69) is 9.97 Å². The van der Waals surface area contributed by atoms with Gasteiger partial charge < -0.3 is 9.64 Å². The van der Waals surface area contributed by atoms with Crippen molar-refractivity contribution in [1.82, 2.24) is 14.9 Å². The topological polar surface area (TPSA) is 55.3 Å². The summed E-state index contributed by atoms with van der Waals surface area (Å²) in [6.07, 6.45) is 4.26. The molecule has 1 aromatic carbocycles. The van der Waals surface area contributed by atoms with Crippen molar-refractivity contribution >= 4 is 5.91 Å². The lowest BCUT2D eigenvalue weighted by Crippen LogP contribution is -2.44. The van der Waals surface area contributed by atoms with Crippen molar-refractivity contribution < 1.29 is 18.3 Å². The van der Waals surface area contributed by atoms with Crippen LogP contribution < -0.4 is 4.74 Å². The van der Waals surface area contributed by atoms with Crippen molar-refractivity contribution in [2.75, 3.05) is 13.1 Å². The standard InChI is InChI=1S/C16H15F2N3O2/c17-11-3-4-13(14(18)8-11)16(22)21-7-1-2-12(9-21)23-15-5-6-19-10-20-15/h3-6,8,10,12H,1-2,7,9H2/t12-/m0/s1. The van der Waals surface area contributed by atoms with Gasteiger partial charge >= 0.3 is 0 Å². The number of piperidine rings is 1. The number of benzene rings is 1. The predicted octanol–water partition coefficient (Wildman–Crippen LogP) is 2.44. The zero-order chi connectivity index (χ0) is 16.2. The summed E-state index contributed by atoms with van der Waals surface area (Å²) in [5.74, 6) is -1.58. The van der Waals surface area contributed by atoms with Crippen LogP contribution in [0.3, 0.4) is 0 Å². The van der Waals surface area contributed by atoms with E-state index >= 15 is 0 Å². The Morgan fingerprint density at radius 2 is 2.17 bits per heavy atom. The highest BCUT2D eigenvalue weighted by Crippen LogP contribution is 2.19. The summed E-state index contributed by atoms with van der Waals surface area (Å²) in [6, 6.07) is 4.60. The quantitative estimate of drug-likeness (QED) is 0.872. The smallest absolute Gasteiger partial charge is 0.256 e. The second-order valence-corrected chi connectivity index (χ2v) is 5.31. The first-order chi connectivity index (χ1) is 11.1. The highest BCUT2D eigenvalue weighted by Gasteiger charge is 2.27. The molecule has 2 heterocycles. The first kappa shape index (κ1) is 15.3. The summed E-state index contributed by atoms with van der Waals surface area (Å²) in [5, 5.41) is 0. The van der Waals surface area contributed by atoms with E-state index in [0.717, 1.165) is 18.9 Å². The third-order valence-electron chi connectivity index (χ3n) is 3.67. The zero-order valence-electron chi connectivity index (χ0n) is 12.3. The van der Waals surface area contributed by atoms with Crippen LogP contribution in [0.25, 0.3) is 0 Å². The van der Waals surface area contributed by atoms with E-state index in [1.54, 1.807) is 12.3 Å². The van der Waals surface area contributed by atoms with Gasteiger partial charge in [0.05, 0.1) is 12.1 Å². The monoisotopic (exact) mass is 319 g/mol. The molecule has 3 rings (SSSR count). The SMILES string of the molecule is O=C(c1ccc(F)cc1F)N1CCC[C@H](Oc2ccncn2)C1. The van der Waals surface area contributed by atoms with Crippen molar-refractivity contribution in [1.29, 1.82) is 0 Å². The molecule has 0 bridgehead atoms. The molecular weight excluding hydrogens is 304 g/mol. The number of carbonyl (C=O) groups excluding carboxylic acids is 1. The summed E-state index contributed by atoms with van der Waals surface area (Å²) in [5.41, 5.74) is -0.130. The van der Waals surface area contributed by atoms with Crippen LogP contribution in [0.2, 0.25) is 0 Å². The number of aromatic nitrogens is 2. The maximum Gasteiger partial charge on any atom is 0.256 e. The molecule has 2 aromatic rings. The molecule has 0 N–H and O–H groups in total. The van der Waals surface area contributed by atoms with E-state index in [-0.39, 0.29) is 11.7 Å². The molecular formula is C16H15F2N3O2. The minimum Gasteiger partial charge on any atom is -0.472 e. The highest BCUT2D eigenvalue weighted by atomic mass is 19.1. The number of hydrogen-bond donors (Lipinski definition) is 0. The Morgan fingerprint density at radius 3 is 2.91 bits per heavy atom. The van der Waals surface area contributed by atoms with Gasteiger partial charge in [-0.05, 0) is 25.0 Å². The third-order valence-corrected chi connectivity index (χ3v) is 3.67. The Morgan fingerprint density at radius 1 is 1.30 bits per heavy atom. The number of halogens is 2. The fourth-order valence-corrected chi connectivity index (χ4v) is 2.57. The summed E-state index contributed by atoms with van der Waals surface area (Å²) in [6.45, 7) is 0.846. The summed E-state index contributed by atoms with van der Waals surface area (Å²) >= 11 is 0. The van der Waals surface area contributed by atoms with Crippen LogP contribution in [-0.4, -0.2) is 40.0 Å². The van der Waals surface area contributed by atoms with Crippen LogP contribution in [0, 0.1) is 11.6 Å². The normalized spacial score (nSPS) is 17.8. The maximum atomic E-state index is 13.8. The van der Waals surface area contributed by atoms with E-state index in [1.165, 1.54) is 17.3 Å². The molecule has 0 aliphatic carbocycles. The lowest BCUT2D eigenvalue weighted by Gasteiger charge is -2.32. The maximum absolute atomic E-state index is 13.8. The van der Waals surface area contributed by atoms with Gasteiger partial charge in [0, 0.05) is 24.9 Å². The lowest BCUT2D eigenvalue weighted by atomic mass is 10.1. The molecule has 120 valence electrons. The first-order valence-corrected chi connectivity index (χ1v) is 7.30. The second-order valence-electron chi connectivity index (χ2n) is 5.31. The molecule has 23 heavy (non-hydrogen) atoms. The van der Waals surface area contributed by atoms with E-state index < -0.39 is 17.5 Å². The first-order valence-electron chi connectivity index (χ1n) is 7.30. The fraction of sp³-hybridized carbons (Fsp3) is 0.312. The number of hydrogen-bond acceptors (Lipinski definition) is 4. The molecule has 7 heteroatoms. The van der Waals surface area contributed by atoms with Crippen molar-refractivity contribution in [2.24, 2.45) is 0 Å². The van der Waals surface area contributed by atoms with E-state index in [1.807, 2.05) is 0 Å². The van der Waals surface area contributed by atoms with Crippen molar-refractivity contribution in [3.63, 3.8) is 0 Å². The van der Waals surface area contributed by atoms with Crippen LogP contribution in [0.4, 0.5) is 8.78 Å². The molecule has 1 aliphatic heterocycles. The number of nitrogens with zero attached hydrogens (tertiary/aromatic N) is 3. The van der Waals surface area contributed by atoms with Crippen molar-refractivity contribution in [2.45, 2.75) is 18.9 Å². The number of amides is 1. The minimum absolute atomic E-state index is 0.130. The second kappa shape index (κ2) is 6.68. The van der Waals surface area contributed by atoms with Crippen molar-refractivity contribution in [3.05, 3.63) is 54.0 Å². The molecule has 0 spiro atoms. The number of carbonyl (C=O) groups is 1. The molecule has 0 saturated carbocycles. The molecule has 1 aromatic heterocycles. The average Bonchev–Trinajstić information content (AvgIpc) is 2.55. The molecule has 0 unspecified atom stereocenters. The number of rotatable bonds is 3. The largest absolute Gasteiger partial charge is 0.472 e. The van der Waals surface area contributed by atoms with E-state index in [4.69, 9.17) is 4.74 Å².